The largest absolute Gasteiger partial charge is 0.305 e. The summed E-state index contributed by atoms with van der Waals surface area (Å²) in [5.41, 5.74) is 4.05. The van der Waals surface area contributed by atoms with Gasteiger partial charge in [-0.15, -0.1) is 0 Å². The smallest absolute Gasteiger partial charge is 0.189 e. The van der Waals surface area contributed by atoms with Gasteiger partial charge >= 0.3 is 0 Å². The summed E-state index contributed by atoms with van der Waals surface area (Å²) in [6, 6.07) is 29.2. The Morgan fingerprint density at radius 3 is 1.96 bits per heavy atom. The standard InChI is InChI=1S/C24H18N2OS/c27-23-21(18-12-6-2-7-13-18)25-24-26(22(23)19-14-8-3-9-15-19)20(16-28-24)17-10-4-1-5-11-17/h1-16,21-22H. The third-order valence-electron chi connectivity index (χ3n) is 5.08. The highest BCUT2D eigenvalue weighted by molar-refractivity contribution is 8.16. The van der Waals surface area contributed by atoms with Crippen LogP contribution in [0.2, 0.25) is 0 Å². The predicted molar refractivity (Wildman–Crippen MR) is 115 cm³/mol. The molecule has 0 aromatic heterocycles. The molecule has 136 valence electrons. The lowest BCUT2D eigenvalue weighted by Gasteiger charge is -2.36. The van der Waals surface area contributed by atoms with Gasteiger partial charge in [-0.05, 0) is 16.7 Å². The van der Waals surface area contributed by atoms with Crippen LogP contribution in [0, 0.1) is 0 Å². The quantitative estimate of drug-likeness (QED) is 0.603. The third kappa shape index (κ3) is 2.86. The molecule has 2 aliphatic rings. The Morgan fingerprint density at radius 1 is 0.750 bits per heavy atom. The van der Waals surface area contributed by atoms with E-state index in [-0.39, 0.29) is 11.8 Å². The zero-order valence-electron chi connectivity index (χ0n) is 15.1. The maximum atomic E-state index is 13.7. The summed E-state index contributed by atoms with van der Waals surface area (Å²) >= 11 is 1.59. The highest BCUT2D eigenvalue weighted by Crippen LogP contribution is 2.46. The second-order valence-electron chi connectivity index (χ2n) is 6.80. The summed E-state index contributed by atoms with van der Waals surface area (Å²) in [7, 11) is 0. The molecular formula is C24H18N2OS. The number of nitrogens with zero attached hydrogens (tertiary/aromatic N) is 2. The van der Waals surface area contributed by atoms with E-state index in [1.165, 1.54) is 0 Å². The molecule has 28 heavy (non-hydrogen) atoms. The van der Waals surface area contributed by atoms with E-state index in [1.807, 2.05) is 78.9 Å². The number of benzene rings is 3. The van der Waals surface area contributed by atoms with Gasteiger partial charge in [-0.2, -0.15) is 0 Å². The summed E-state index contributed by atoms with van der Waals surface area (Å²) in [6.45, 7) is 0. The topological polar surface area (TPSA) is 32.7 Å². The van der Waals surface area contributed by atoms with E-state index in [0.29, 0.717) is 0 Å². The molecule has 0 saturated carbocycles. The number of rotatable bonds is 3. The van der Waals surface area contributed by atoms with Gasteiger partial charge in [0.2, 0.25) is 0 Å². The van der Waals surface area contributed by atoms with Crippen molar-refractivity contribution in [2.75, 3.05) is 0 Å². The molecule has 3 nitrogen and oxygen atoms in total. The van der Waals surface area contributed by atoms with Crippen LogP contribution in [0.5, 0.6) is 0 Å². The molecular weight excluding hydrogens is 364 g/mol. The third-order valence-corrected chi connectivity index (χ3v) is 5.93. The first-order valence-electron chi connectivity index (χ1n) is 9.26. The van der Waals surface area contributed by atoms with Crippen molar-refractivity contribution in [2.24, 2.45) is 4.99 Å². The Bertz CT molecular complexity index is 1060. The molecule has 0 fully saturated rings. The molecule has 3 aromatic carbocycles. The molecule has 0 amide bonds. The molecule has 5 rings (SSSR count). The van der Waals surface area contributed by atoms with Gasteiger partial charge in [0.25, 0.3) is 0 Å². The molecule has 3 aromatic rings. The lowest BCUT2D eigenvalue weighted by Crippen LogP contribution is -2.40. The Morgan fingerprint density at radius 2 is 1.32 bits per heavy atom. The number of hydrogen-bond acceptors (Lipinski definition) is 4. The first-order chi connectivity index (χ1) is 13.8. The molecule has 2 unspecified atom stereocenters. The fourth-order valence-corrected chi connectivity index (χ4v) is 4.71. The number of ketones is 1. The van der Waals surface area contributed by atoms with Gasteiger partial charge in [-0.1, -0.05) is 103 Å². The van der Waals surface area contributed by atoms with Gasteiger partial charge in [0.05, 0.1) is 5.70 Å². The first-order valence-corrected chi connectivity index (χ1v) is 10.1. The number of carbonyl (C=O) groups excluding carboxylic acids is 1. The molecule has 2 atom stereocenters. The molecule has 2 heterocycles. The summed E-state index contributed by atoms with van der Waals surface area (Å²) in [4.78, 5) is 20.6. The van der Waals surface area contributed by atoms with Crippen molar-refractivity contribution < 1.29 is 4.79 Å². The molecule has 0 N–H and O–H groups in total. The van der Waals surface area contributed by atoms with Crippen LogP contribution in [0.15, 0.2) is 101 Å². The fraction of sp³-hybridized carbons (Fsp3) is 0.0833. The van der Waals surface area contributed by atoms with Crippen LogP contribution < -0.4 is 0 Å². The first kappa shape index (κ1) is 17.0. The monoisotopic (exact) mass is 382 g/mol. The second kappa shape index (κ2) is 7.13. The maximum absolute atomic E-state index is 13.7. The van der Waals surface area contributed by atoms with E-state index < -0.39 is 6.04 Å². The van der Waals surface area contributed by atoms with Crippen molar-refractivity contribution in [3.8, 4) is 0 Å². The van der Waals surface area contributed by atoms with Crippen LogP contribution in [0.1, 0.15) is 28.8 Å². The number of carbonyl (C=O) groups is 1. The summed E-state index contributed by atoms with van der Waals surface area (Å²) in [6.07, 6.45) is 0. The van der Waals surface area contributed by atoms with Crippen LogP contribution in [0.4, 0.5) is 0 Å². The number of aliphatic imine (C=N–C) groups is 1. The van der Waals surface area contributed by atoms with Crippen LogP contribution in [-0.4, -0.2) is 15.9 Å². The number of amidine groups is 1. The zero-order valence-corrected chi connectivity index (χ0v) is 15.9. The molecule has 2 aliphatic heterocycles. The van der Waals surface area contributed by atoms with Gasteiger partial charge in [0, 0.05) is 5.41 Å². The Balaban J connectivity index is 1.64. The van der Waals surface area contributed by atoms with Crippen molar-refractivity contribution >= 4 is 28.4 Å². The minimum absolute atomic E-state index is 0.102. The highest BCUT2D eigenvalue weighted by Gasteiger charge is 2.43. The summed E-state index contributed by atoms with van der Waals surface area (Å²) < 4.78 is 0. The van der Waals surface area contributed by atoms with Crippen molar-refractivity contribution in [2.45, 2.75) is 12.1 Å². The SMILES string of the molecule is O=C1C(c2ccccc2)N=C2SC=C(c3ccccc3)N2C1c1ccccc1. The van der Waals surface area contributed by atoms with E-state index in [4.69, 9.17) is 4.99 Å². The van der Waals surface area contributed by atoms with Gasteiger partial charge in [0.1, 0.15) is 12.1 Å². The van der Waals surface area contributed by atoms with Gasteiger partial charge in [0.15, 0.2) is 11.0 Å². The van der Waals surface area contributed by atoms with Gasteiger partial charge < -0.3 is 4.90 Å². The molecule has 0 aliphatic carbocycles. The van der Waals surface area contributed by atoms with E-state index in [1.54, 1.807) is 11.8 Å². The molecule has 4 heteroatoms. The van der Waals surface area contributed by atoms with E-state index >= 15 is 0 Å². The fourth-order valence-electron chi connectivity index (χ4n) is 3.76. The van der Waals surface area contributed by atoms with Crippen LogP contribution in [0.25, 0.3) is 5.70 Å². The Labute approximate surface area is 168 Å². The molecule has 0 saturated heterocycles. The van der Waals surface area contributed by atoms with Crippen LogP contribution in [-0.2, 0) is 4.79 Å². The lowest BCUT2D eigenvalue weighted by molar-refractivity contribution is -0.124. The maximum Gasteiger partial charge on any atom is 0.189 e. The minimum atomic E-state index is -0.478. The number of Topliss-reactive ketones (excluding diaryl/α,β-unsaturated/α-hetero) is 1. The van der Waals surface area contributed by atoms with Crippen molar-refractivity contribution in [1.82, 2.24) is 4.90 Å². The van der Waals surface area contributed by atoms with Crippen LogP contribution >= 0.6 is 11.8 Å². The van der Waals surface area contributed by atoms with E-state index in [2.05, 4.69) is 22.4 Å². The number of fused-ring (bicyclic) bond motifs is 1. The van der Waals surface area contributed by atoms with Crippen molar-refractivity contribution in [3.05, 3.63) is 113 Å². The average Bonchev–Trinajstić information content (AvgIpc) is 3.19. The molecule has 0 radical (unpaired) electrons. The van der Waals surface area contributed by atoms with Crippen LogP contribution in [0.3, 0.4) is 0 Å². The minimum Gasteiger partial charge on any atom is -0.305 e. The zero-order chi connectivity index (χ0) is 18.9. The molecule has 0 spiro atoms. The predicted octanol–water partition coefficient (Wildman–Crippen LogP) is 5.46. The average molecular weight is 382 g/mol. The summed E-state index contributed by atoms with van der Waals surface area (Å²) in [5, 5.41) is 2.98. The van der Waals surface area contributed by atoms with Gasteiger partial charge in [-0.3, -0.25) is 4.79 Å². The second-order valence-corrected chi connectivity index (χ2v) is 7.63. The van der Waals surface area contributed by atoms with Gasteiger partial charge in [-0.25, -0.2) is 4.99 Å². The Hall–Kier alpha value is -3.11. The molecule has 0 bridgehead atoms. The van der Waals surface area contributed by atoms with E-state index in [9.17, 15) is 4.79 Å². The van der Waals surface area contributed by atoms with Crippen molar-refractivity contribution in [1.29, 1.82) is 0 Å². The highest BCUT2D eigenvalue weighted by atomic mass is 32.2. The summed E-state index contributed by atoms with van der Waals surface area (Å²) in [5.74, 6) is 0.102. The van der Waals surface area contributed by atoms with Crippen molar-refractivity contribution in [3.63, 3.8) is 0 Å². The lowest BCUT2D eigenvalue weighted by atomic mass is 9.90. The Kier molecular flexibility index (Phi) is 4.34. The number of thioether (sulfide) groups is 1. The van der Waals surface area contributed by atoms with E-state index in [0.717, 1.165) is 27.6 Å². The number of hydrogen-bond donors (Lipinski definition) is 0. The normalized spacial score (nSPS) is 21.1.